The van der Waals surface area contributed by atoms with Crippen molar-refractivity contribution in [2.45, 2.75) is 46.3 Å². The molecule has 0 saturated carbocycles. The Balaban J connectivity index is 2.02. The number of rotatable bonds is 3. The molecule has 0 fully saturated rings. The van der Waals surface area contributed by atoms with Gasteiger partial charge in [0.2, 0.25) is 0 Å². The summed E-state index contributed by atoms with van der Waals surface area (Å²) < 4.78 is 5.65. The number of hydrogen-bond donors (Lipinski definition) is 2. The number of nitrogens with one attached hydrogen (secondary N) is 1. The van der Waals surface area contributed by atoms with Gasteiger partial charge in [-0.2, -0.15) is 0 Å². The number of ether oxygens (including phenoxy) is 1. The van der Waals surface area contributed by atoms with Gasteiger partial charge in [0.15, 0.2) is 0 Å². The molecule has 1 unspecified atom stereocenters. The molecule has 0 amide bonds. The number of esters is 1. The lowest BCUT2D eigenvalue weighted by Crippen LogP contribution is -3.08. The highest BCUT2D eigenvalue weighted by Gasteiger charge is 2.31. The number of hydrogen-bond acceptors (Lipinski definition) is 5. The number of phenols is 1. The summed E-state index contributed by atoms with van der Waals surface area (Å²) in [5.74, 6) is -0.106. The lowest BCUT2D eigenvalue weighted by molar-refractivity contribution is -0.895. The second kappa shape index (κ2) is 7.44. The first-order valence-electron chi connectivity index (χ1n) is 9.17. The average Bonchev–Trinajstić information content (AvgIpc) is 2.92. The van der Waals surface area contributed by atoms with Gasteiger partial charge in [-0.1, -0.05) is 12.1 Å². The zero-order valence-electron chi connectivity index (χ0n) is 16.5. The molecular formula is C21H27N2O3S+. The molecule has 6 heteroatoms. The van der Waals surface area contributed by atoms with Crippen LogP contribution in [-0.4, -0.2) is 36.5 Å². The van der Waals surface area contributed by atoms with E-state index in [4.69, 9.17) is 4.74 Å². The number of thiophene rings is 1. The number of aromatic hydroxyl groups is 1. The highest BCUT2D eigenvalue weighted by molar-refractivity contribution is 7.16. The summed E-state index contributed by atoms with van der Waals surface area (Å²) in [5, 5.41) is 10.9. The van der Waals surface area contributed by atoms with Crippen molar-refractivity contribution in [2.24, 2.45) is 4.99 Å². The highest BCUT2D eigenvalue weighted by atomic mass is 32.1. The van der Waals surface area contributed by atoms with Crippen molar-refractivity contribution in [3.8, 4) is 5.75 Å². The fourth-order valence-corrected chi connectivity index (χ4v) is 4.44. The summed E-state index contributed by atoms with van der Waals surface area (Å²) in [4.78, 5) is 20.1. The predicted octanol–water partition coefficient (Wildman–Crippen LogP) is 3.04. The molecular weight excluding hydrogens is 360 g/mol. The Hall–Kier alpha value is -2.18. The van der Waals surface area contributed by atoms with Crippen molar-refractivity contribution in [1.29, 1.82) is 0 Å². The number of quaternary nitrogens is 1. The van der Waals surface area contributed by atoms with E-state index in [2.05, 4.69) is 12.0 Å². The van der Waals surface area contributed by atoms with Crippen LogP contribution in [0, 0.1) is 6.92 Å². The summed E-state index contributed by atoms with van der Waals surface area (Å²) in [6.45, 7) is 9.34. The van der Waals surface area contributed by atoms with E-state index in [0.717, 1.165) is 30.6 Å². The van der Waals surface area contributed by atoms with Gasteiger partial charge in [0.1, 0.15) is 28.5 Å². The summed E-state index contributed by atoms with van der Waals surface area (Å²) in [5.41, 5.74) is 2.53. The van der Waals surface area contributed by atoms with Crippen LogP contribution >= 0.6 is 11.3 Å². The van der Waals surface area contributed by atoms with E-state index in [-0.39, 0.29) is 11.7 Å². The van der Waals surface area contributed by atoms with Crippen molar-refractivity contribution in [1.82, 2.24) is 0 Å². The Kier molecular flexibility index (Phi) is 5.40. The SMILES string of the molecule is Cc1cccc(/C=N/c2sc3c(c2C(=O)OC(C)(C)C)CC[NH+](C)C3)c1O. The predicted molar refractivity (Wildman–Crippen MR) is 109 cm³/mol. The normalized spacial score (nSPS) is 17.1. The van der Waals surface area contributed by atoms with Gasteiger partial charge in [-0.15, -0.1) is 11.3 Å². The van der Waals surface area contributed by atoms with Crippen LogP contribution in [0.4, 0.5) is 5.00 Å². The number of para-hydroxylation sites is 1. The highest BCUT2D eigenvalue weighted by Crippen LogP contribution is 2.38. The number of nitrogens with zero attached hydrogens (tertiary/aromatic N) is 1. The molecule has 0 saturated heterocycles. The fraction of sp³-hybridized carbons (Fsp3) is 0.429. The zero-order chi connectivity index (χ0) is 19.8. The van der Waals surface area contributed by atoms with Crippen LogP contribution in [0.5, 0.6) is 5.75 Å². The maximum atomic E-state index is 12.9. The molecule has 3 rings (SSSR count). The summed E-state index contributed by atoms with van der Waals surface area (Å²) in [6, 6.07) is 5.54. The van der Waals surface area contributed by atoms with Crippen molar-refractivity contribution in [3.63, 3.8) is 0 Å². The smallest absolute Gasteiger partial charge is 0.342 e. The van der Waals surface area contributed by atoms with Crippen LogP contribution in [0.3, 0.4) is 0 Å². The second-order valence-corrected chi connectivity index (χ2v) is 9.17. The first kappa shape index (κ1) is 19.6. The Morgan fingerprint density at radius 2 is 2.11 bits per heavy atom. The lowest BCUT2D eigenvalue weighted by atomic mass is 10.0. The molecule has 1 aromatic heterocycles. The summed E-state index contributed by atoms with van der Waals surface area (Å²) >= 11 is 1.55. The molecule has 0 spiro atoms. The second-order valence-electron chi connectivity index (χ2n) is 8.09. The number of carbonyl (C=O) groups is 1. The van der Waals surface area contributed by atoms with Crippen LogP contribution < -0.4 is 4.90 Å². The monoisotopic (exact) mass is 387 g/mol. The maximum Gasteiger partial charge on any atom is 0.342 e. The van der Waals surface area contributed by atoms with Crippen LogP contribution in [0.1, 0.15) is 52.7 Å². The van der Waals surface area contributed by atoms with E-state index >= 15 is 0 Å². The number of benzene rings is 1. The van der Waals surface area contributed by atoms with Gasteiger partial charge in [0, 0.05) is 18.2 Å². The molecule has 144 valence electrons. The number of aryl methyl sites for hydroxylation is 1. The van der Waals surface area contributed by atoms with E-state index in [1.165, 1.54) is 9.78 Å². The Morgan fingerprint density at radius 1 is 1.37 bits per heavy atom. The largest absolute Gasteiger partial charge is 0.507 e. The maximum absolute atomic E-state index is 12.9. The molecule has 2 heterocycles. The molecule has 5 nitrogen and oxygen atoms in total. The summed E-state index contributed by atoms with van der Waals surface area (Å²) in [7, 11) is 2.16. The number of likely N-dealkylation sites (N-methyl/N-ethyl adjacent to an activating group) is 1. The van der Waals surface area contributed by atoms with Crippen LogP contribution in [0.15, 0.2) is 23.2 Å². The zero-order valence-corrected chi connectivity index (χ0v) is 17.4. The van der Waals surface area contributed by atoms with E-state index in [1.54, 1.807) is 17.6 Å². The molecule has 0 radical (unpaired) electrons. The molecule has 27 heavy (non-hydrogen) atoms. The number of fused-ring (bicyclic) bond motifs is 1. The molecule has 1 aliphatic rings. The van der Waals surface area contributed by atoms with Gasteiger partial charge in [-0.05, 0) is 44.9 Å². The van der Waals surface area contributed by atoms with Crippen molar-refractivity contribution in [2.75, 3.05) is 13.6 Å². The van der Waals surface area contributed by atoms with Gasteiger partial charge in [0.05, 0.1) is 18.5 Å². The molecule has 2 aromatic rings. The van der Waals surface area contributed by atoms with Crippen molar-refractivity contribution < 1.29 is 19.5 Å². The van der Waals surface area contributed by atoms with Crippen LogP contribution in [-0.2, 0) is 17.7 Å². The fourth-order valence-electron chi connectivity index (χ4n) is 3.15. The van der Waals surface area contributed by atoms with E-state index < -0.39 is 5.60 Å². The third kappa shape index (κ3) is 4.39. The third-order valence-electron chi connectivity index (χ3n) is 4.53. The van der Waals surface area contributed by atoms with Crippen LogP contribution in [0.25, 0.3) is 0 Å². The minimum atomic E-state index is -0.557. The van der Waals surface area contributed by atoms with Gasteiger partial charge in [-0.3, -0.25) is 0 Å². The molecule has 2 N–H and O–H groups in total. The minimum absolute atomic E-state index is 0.213. The topological polar surface area (TPSA) is 63.3 Å². The summed E-state index contributed by atoms with van der Waals surface area (Å²) in [6.07, 6.45) is 2.47. The van der Waals surface area contributed by atoms with E-state index in [1.807, 2.05) is 45.9 Å². The van der Waals surface area contributed by atoms with Crippen molar-refractivity contribution >= 4 is 28.5 Å². The molecule has 0 bridgehead atoms. The minimum Gasteiger partial charge on any atom is -0.507 e. The molecule has 1 aromatic carbocycles. The van der Waals surface area contributed by atoms with Gasteiger partial charge in [-0.25, -0.2) is 9.79 Å². The standard InChI is InChI=1S/C21H26N2O3S/c1-13-7-6-8-14(18(13)24)11-22-19-17(20(25)26-21(2,3)4)15-9-10-23(5)12-16(15)27-19/h6-8,11,24H,9-10,12H2,1-5H3/p+1/b22-11+. The van der Waals surface area contributed by atoms with E-state index in [0.29, 0.717) is 16.1 Å². The number of aliphatic imine (C=N–C) groups is 1. The first-order chi connectivity index (χ1) is 12.7. The van der Waals surface area contributed by atoms with Gasteiger partial charge in [0.25, 0.3) is 0 Å². The van der Waals surface area contributed by atoms with Crippen LogP contribution in [0.2, 0.25) is 0 Å². The number of carbonyl (C=O) groups excluding carboxylic acids is 1. The van der Waals surface area contributed by atoms with Gasteiger partial charge >= 0.3 is 5.97 Å². The lowest BCUT2D eigenvalue weighted by Gasteiger charge is -2.22. The van der Waals surface area contributed by atoms with Crippen molar-refractivity contribution in [3.05, 3.63) is 45.3 Å². The third-order valence-corrected chi connectivity index (χ3v) is 5.67. The Bertz CT molecular complexity index is 894. The molecule has 0 aliphatic carbocycles. The molecule has 1 aliphatic heterocycles. The number of phenolic OH excluding ortho intramolecular Hbond substituents is 1. The average molecular weight is 388 g/mol. The quantitative estimate of drug-likeness (QED) is 0.629. The van der Waals surface area contributed by atoms with E-state index in [9.17, 15) is 9.90 Å². The first-order valence-corrected chi connectivity index (χ1v) is 9.99. The van der Waals surface area contributed by atoms with Gasteiger partial charge < -0.3 is 14.7 Å². The Labute approximate surface area is 164 Å². The Morgan fingerprint density at radius 3 is 2.81 bits per heavy atom. The molecule has 1 atom stereocenters.